The average molecular weight is 362 g/mol. The Kier molecular flexibility index (Phi) is 7.45. The molecule has 1 aromatic carbocycles. The van der Waals surface area contributed by atoms with Gasteiger partial charge in [0.05, 0.1) is 5.41 Å². The maximum absolute atomic E-state index is 11.8. The summed E-state index contributed by atoms with van der Waals surface area (Å²) in [6.45, 7) is 5.41. The van der Waals surface area contributed by atoms with Gasteiger partial charge in [0.15, 0.2) is 6.61 Å². The van der Waals surface area contributed by atoms with Crippen LogP contribution in [0.5, 0.6) is 5.75 Å². The summed E-state index contributed by atoms with van der Waals surface area (Å²) in [5, 5.41) is 15.6. The van der Waals surface area contributed by atoms with Crippen molar-refractivity contribution in [3.8, 4) is 5.75 Å². The average Bonchev–Trinajstić information content (AvgIpc) is 3.47. The van der Waals surface area contributed by atoms with E-state index in [1.807, 2.05) is 38.1 Å². The molecule has 6 nitrogen and oxygen atoms in total. The molecule has 0 atom stereocenters. The van der Waals surface area contributed by atoms with Gasteiger partial charge < -0.3 is 20.5 Å². The molecule has 0 aliphatic heterocycles. The smallest absolute Gasteiger partial charge is 0.310 e. The number of amides is 1. The molecule has 3 N–H and O–H groups in total. The minimum Gasteiger partial charge on any atom is -0.483 e. The van der Waals surface area contributed by atoms with Gasteiger partial charge in [-0.2, -0.15) is 0 Å². The summed E-state index contributed by atoms with van der Waals surface area (Å²) in [4.78, 5) is 23.4. The van der Waals surface area contributed by atoms with Crippen molar-refractivity contribution >= 4 is 11.9 Å². The van der Waals surface area contributed by atoms with Crippen molar-refractivity contribution in [2.75, 3.05) is 19.7 Å². The molecule has 1 fully saturated rings. The van der Waals surface area contributed by atoms with Gasteiger partial charge in [-0.3, -0.25) is 9.59 Å². The first-order chi connectivity index (χ1) is 12.5. The third-order valence-electron chi connectivity index (χ3n) is 5.20. The molecule has 0 radical (unpaired) electrons. The molecule has 1 saturated carbocycles. The predicted molar refractivity (Wildman–Crippen MR) is 100 cm³/mol. The second kappa shape index (κ2) is 9.57. The first kappa shape index (κ1) is 20.2. The van der Waals surface area contributed by atoms with Crippen LogP contribution >= 0.6 is 0 Å². The number of nitrogens with one attached hydrogen (secondary N) is 2. The molecule has 26 heavy (non-hydrogen) atoms. The zero-order valence-corrected chi connectivity index (χ0v) is 15.7. The van der Waals surface area contributed by atoms with Crippen LogP contribution in [-0.2, 0) is 16.1 Å². The monoisotopic (exact) mass is 362 g/mol. The van der Waals surface area contributed by atoms with Gasteiger partial charge in [-0.15, -0.1) is 0 Å². The first-order valence-electron chi connectivity index (χ1n) is 9.42. The highest BCUT2D eigenvalue weighted by Crippen LogP contribution is 2.28. The van der Waals surface area contributed by atoms with Crippen molar-refractivity contribution in [2.45, 2.75) is 46.1 Å². The van der Waals surface area contributed by atoms with Gasteiger partial charge in [0, 0.05) is 25.2 Å². The molecule has 1 amide bonds. The predicted octanol–water partition coefficient (Wildman–Crippen LogP) is 2.57. The lowest BCUT2D eigenvalue weighted by atomic mass is 9.82. The largest absolute Gasteiger partial charge is 0.483 e. The van der Waals surface area contributed by atoms with Gasteiger partial charge >= 0.3 is 5.97 Å². The van der Waals surface area contributed by atoms with E-state index in [0.717, 1.165) is 12.1 Å². The fourth-order valence-electron chi connectivity index (χ4n) is 2.88. The van der Waals surface area contributed by atoms with E-state index < -0.39 is 11.4 Å². The summed E-state index contributed by atoms with van der Waals surface area (Å²) in [7, 11) is 0. The number of carbonyl (C=O) groups is 2. The van der Waals surface area contributed by atoms with Gasteiger partial charge in [0.2, 0.25) is 0 Å². The molecule has 1 aliphatic carbocycles. The maximum atomic E-state index is 11.8. The van der Waals surface area contributed by atoms with E-state index in [9.17, 15) is 14.7 Å². The minimum absolute atomic E-state index is 0.00723. The lowest BCUT2D eigenvalue weighted by molar-refractivity contribution is -0.149. The number of carbonyl (C=O) groups excluding carboxylic acids is 1. The summed E-state index contributed by atoms with van der Waals surface area (Å²) >= 11 is 0. The first-order valence-corrected chi connectivity index (χ1v) is 9.42. The number of benzene rings is 1. The fourth-order valence-corrected chi connectivity index (χ4v) is 2.88. The van der Waals surface area contributed by atoms with E-state index in [1.165, 1.54) is 12.8 Å². The number of aliphatic carboxylic acids is 1. The van der Waals surface area contributed by atoms with Crippen LogP contribution in [0.1, 0.15) is 45.1 Å². The Bertz CT molecular complexity index is 610. The van der Waals surface area contributed by atoms with E-state index in [1.54, 1.807) is 0 Å². The number of hydrogen-bond acceptors (Lipinski definition) is 4. The Balaban J connectivity index is 1.85. The summed E-state index contributed by atoms with van der Waals surface area (Å²) in [5.41, 5.74) is 0.160. The topological polar surface area (TPSA) is 87.7 Å². The fraction of sp³-hybridized carbons (Fsp3) is 0.600. The second-order valence-electron chi connectivity index (χ2n) is 7.04. The van der Waals surface area contributed by atoms with Gasteiger partial charge in [-0.25, -0.2) is 0 Å². The number of ether oxygens (including phenoxy) is 1. The number of para-hydroxylation sites is 1. The SMILES string of the molecule is CCC(CC)(CNCc1ccccc1OCC(=O)NCC1CC1)C(=O)O. The maximum Gasteiger partial charge on any atom is 0.310 e. The molecule has 1 aromatic rings. The van der Waals surface area contributed by atoms with E-state index in [0.29, 0.717) is 37.6 Å². The Morgan fingerprint density at radius 1 is 1.23 bits per heavy atom. The number of hydrogen-bond donors (Lipinski definition) is 3. The van der Waals surface area contributed by atoms with Crippen LogP contribution in [0.3, 0.4) is 0 Å². The van der Waals surface area contributed by atoms with E-state index in [4.69, 9.17) is 4.74 Å². The van der Waals surface area contributed by atoms with E-state index in [-0.39, 0.29) is 12.5 Å². The van der Waals surface area contributed by atoms with E-state index in [2.05, 4.69) is 10.6 Å². The lowest BCUT2D eigenvalue weighted by Gasteiger charge is -2.27. The number of carboxylic acids is 1. The van der Waals surface area contributed by atoms with Crippen LogP contribution in [-0.4, -0.2) is 36.7 Å². The highest BCUT2D eigenvalue weighted by molar-refractivity contribution is 5.77. The van der Waals surface area contributed by atoms with Crippen LogP contribution in [0.25, 0.3) is 0 Å². The molecule has 0 bridgehead atoms. The van der Waals surface area contributed by atoms with E-state index >= 15 is 0 Å². The normalized spacial score (nSPS) is 14.1. The van der Waals surface area contributed by atoms with Gasteiger partial charge in [-0.05, 0) is 37.7 Å². The van der Waals surface area contributed by atoms with Crippen LogP contribution in [0.15, 0.2) is 24.3 Å². The molecule has 144 valence electrons. The van der Waals surface area contributed by atoms with Crippen LogP contribution < -0.4 is 15.4 Å². The zero-order valence-electron chi connectivity index (χ0n) is 15.7. The highest BCUT2D eigenvalue weighted by atomic mass is 16.5. The van der Waals surface area contributed by atoms with Gasteiger partial charge in [0.1, 0.15) is 5.75 Å². The third-order valence-corrected chi connectivity index (χ3v) is 5.20. The molecular formula is C20H30N2O4. The lowest BCUT2D eigenvalue weighted by Crippen LogP contribution is -2.40. The Hall–Kier alpha value is -2.08. The van der Waals surface area contributed by atoms with Crippen LogP contribution in [0, 0.1) is 11.3 Å². The standard InChI is InChI=1S/C20H30N2O4/c1-3-20(4-2,19(24)25)14-21-12-16-7-5-6-8-17(16)26-13-18(23)22-11-15-9-10-15/h5-8,15,21H,3-4,9-14H2,1-2H3,(H,22,23)(H,24,25). The highest BCUT2D eigenvalue weighted by Gasteiger charge is 2.34. The molecule has 0 heterocycles. The summed E-state index contributed by atoms with van der Waals surface area (Å²) in [6.07, 6.45) is 3.54. The minimum atomic E-state index is -0.771. The number of rotatable bonds is 12. The van der Waals surface area contributed by atoms with Crippen LogP contribution in [0.4, 0.5) is 0 Å². The van der Waals surface area contributed by atoms with Gasteiger partial charge in [0.25, 0.3) is 5.91 Å². The summed E-state index contributed by atoms with van der Waals surface area (Å²) in [6, 6.07) is 7.52. The zero-order chi connectivity index (χ0) is 19.0. The molecule has 2 rings (SSSR count). The number of carboxylic acid groups (broad SMARTS) is 1. The molecule has 1 aliphatic rings. The summed E-state index contributed by atoms with van der Waals surface area (Å²) in [5.74, 6) is 0.408. The Morgan fingerprint density at radius 3 is 2.54 bits per heavy atom. The van der Waals surface area contributed by atoms with Crippen molar-refractivity contribution in [2.24, 2.45) is 11.3 Å². The molecule has 6 heteroatoms. The van der Waals surface area contributed by atoms with Crippen molar-refractivity contribution in [1.82, 2.24) is 10.6 Å². The molecular weight excluding hydrogens is 332 g/mol. The second-order valence-corrected chi connectivity index (χ2v) is 7.04. The van der Waals surface area contributed by atoms with Crippen molar-refractivity contribution in [3.63, 3.8) is 0 Å². The molecule has 0 unspecified atom stereocenters. The summed E-state index contributed by atoms with van der Waals surface area (Å²) < 4.78 is 5.67. The van der Waals surface area contributed by atoms with Crippen LogP contribution in [0.2, 0.25) is 0 Å². The quantitative estimate of drug-likeness (QED) is 0.532. The molecule has 0 saturated heterocycles. The van der Waals surface area contributed by atoms with Gasteiger partial charge in [-0.1, -0.05) is 32.0 Å². The Labute approximate surface area is 155 Å². The van der Waals surface area contributed by atoms with Crippen molar-refractivity contribution < 1.29 is 19.4 Å². The molecule has 0 aromatic heterocycles. The van der Waals surface area contributed by atoms with Crippen molar-refractivity contribution in [1.29, 1.82) is 0 Å². The Morgan fingerprint density at radius 2 is 1.92 bits per heavy atom. The van der Waals surface area contributed by atoms with Crippen molar-refractivity contribution in [3.05, 3.63) is 29.8 Å². The molecule has 0 spiro atoms. The third kappa shape index (κ3) is 5.73.